The number of amides is 1. The number of carbonyl (C=O) groups excluding carboxylic acids is 1. The minimum Gasteiger partial charge on any atom is -0.476 e. The molecule has 5 heteroatoms. The molecule has 4 nitrogen and oxygen atoms in total. The van der Waals surface area contributed by atoms with E-state index < -0.39 is 6.10 Å². The summed E-state index contributed by atoms with van der Waals surface area (Å²) < 4.78 is 7.20. The molecular weight excluding hydrogens is 368 g/mol. The van der Waals surface area contributed by atoms with Crippen LogP contribution in [0.3, 0.4) is 0 Å². The number of thiazole rings is 1. The van der Waals surface area contributed by atoms with Crippen LogP contribution in [0.4, 0.5) is 0 Å². The predicted octanol–water partition coefficient (Wildman–Crippen LogP) is 5.08. The summed E-state index contributed by atoms with van der Waals surface area (Å²) in [5.41, 5.74) is 1.79. The lowest BCUT2D eigenvalue weighted by molar-refractivity contribution is -0.138. The van der Waals surface area contributed by atoms with Crippen LogP contribution in [0.5, 0.6) is 5.75 Å². The van der Waals surface area contributed by atoms with Crippen molar-refractivity contribution >= 4 is 27.5 Å². The van der Waals surface area contributed by atoms with Gasteiger partial charge in [-0.25, -0.2) is 4.98 Å². The first-order valence-corrected chi connectivity index (χ1v) is 9.88. The molecule has 28 heavy (non-hydrogen) atoms. The molecule has 1 aromatic heterocycles. The van der Waals surface area contributed by atoms with Gasteiger partial charge in [0.25, 0.3) is 5.91 Å². The Morgan fingerprint density at radius 1 is 0.964 bits per heavy atom. The first kappa shape index (κ1) is 18.2. The van der Waals surface area contributed by atoms with Crippen LogP contribution in [-0.4, -0.2) is 22.8 Å². The fourth-order valence-electron chi connectivity index (χ4n) is 2.99. The molecule has 0 fully saturated rings. The van der Waals surface area contributed by atoms with Crippen LogP contribution < -0.4 is 4.74 Å². The molecule has 0 spiro atoms. The van der Waals surface area contributed by atoms with E-state index in [2.05, 4.69) is 4.98 Å². The summed E-state index contributed by atoms with van der Waals surface area (Å²) >= 11 is 1.61. The maximum atomic E-state index is 13.2. The van der Waals surface area contributed by atoms with E-state index in [-0.39, 0.29) is 5.91 Å². The van der Waals surface area contributed by atoms with E-state index >= 15 is 0 Å². The molecule has 3 aromatic carbocycles. The number of benzene rings is 3. The Hall–Kier alpha value is -3.18. The van der Waals surface area contributed by atoms with Crippen molar-refractivity contribution < 1.29 is 9.53 Å². The highest BCUT2D eigenvalue weighted by molar-refractivity contribution is 7.18. The lowest BCUT2D eigenvalue weighted by Gasteiger charge is -2.24. The lowest BCUT2D eigenvalue weighted by Crippen LogP contribution is -2.34. The second kappa shape index (κ2) is 8.23. The van der Waals surface area contributed by atoms with Crippen molar-refractivity contribution in [2.75, 3.05) is 7.05 Å². The third kappa shape index (κ3) is 4.05. The van der Waals surface area contributed by atoms with Gasteiger partial charge in [-0.05, 0) is 24.3 Å². The number of ether oxygens (including phenoxy) is 1. The highest BCUT2D eigenvalue weighted by Gasteiger charge is 2.26. The van der Waals surface area contributed by atoms with E-state index in [4.69, 9.17) is 4.74 Å². The molecule has 4 rings (SSSR count). The largest absolute Gasteiger partial charge is 0.476 e. The van der Waals surface area contributed by atoms with Crippen LogP contribution in [0, 0.1) is 0 Å². The third-order valence-electron chi connectivity index (χ3n) is 4.41. The van der Waals surface area contributed by atoms with Gasteiger partial charge in [-0.1, -0.05) is 60.7 Å². The van der Waals surface area contributed by atoms with Crippen LogP contribution in [0.1, 0.15) is 16.7 Å². The van der Waals surface area contributed by atoms with Gasteiger partial charge in [-0.15, -0.1) is 11.3 Å². The fourth-order valence-corrected chi connectivity index (χ4v) is 4.01. The van der Waals surface area contributed by atoms with Crippen molar-refractivity contribution in [2.45, 2.75) is 12.6 Å². The van der Waals surface area contributed by atoms with Gasteiger partial charge >= 0.3 is 0 Å². The van der Waals surface area contributed by atoms with Crippen LogP contribution >= 0.6 is 11.3 Å². The zero-order valence-corrected chi connectivity index (χ0v) is 16.3. The minimum atomic E-state index is -0.706. The number of likely N-dealkylation sites (N-methyl/N-ethyl adjacent to an activating group) is 1. The molecule has 0 aliphatic heterocycles. The van der Waals surface area contributed by atoms with Crippen molar-refractivity contribution in [3.8, 4) is 5.75 Å². The minimum absolute atomic E-state index is 0.102. The summed E-state index contributed by atoms with van der Waals surface area (Å²) in [5, 5.41) is 0.906. The molecule has 1 unspecified atom stereocenters. The summed E-state index contributed by atoms with van der Waals surface area (Å²) in [5.74, 6) is 0.562. The van der Waals surface area contributed by atoms with Crippen molar-refractivity contribution in [3.63, 3.8) is 0 Å². The van der Waals surface area contributed by atoms with Gasteiger partial charge < -0.3 is 9.64 Å². The molecule has 140 valence electrons. The highest BCUT2D eigenvalue weighted by atomic mass is 32.1. The Morgan fingerprint density at radius 2 is 1.61 bits per heavy atom. The SMILES string of the molecule is CN(Cc1nc2ccccc2s1)C(=O)C(Oc1ccccc1)c1ccccc1. The van der Waals surface area contributed by atoms with Crippen LogP contribution in [0.2, 0.25) is 0 Å². The first-order chi connectivity index (χ1) is 13.7. The number of nitrogens with zero attached hydrogens (tertiary/aromatic N) is 2. The van der Waals surface area contributed by atoms with Gasteiger partial charge in [0.05, 0.1) is 16.8 Å². The number of fused-ring (bicyclic) bond motifs is 1. The van der Waals surface area contributed by atoms with Crippen molar-refractivity contribution in [3.05, 3.63) is 95.5 Å². The van der Waals surface area contributed by atoms with Crippen LogP contribution in [0.15, 0.2) is 84.9 Å². The molecule has 0 aliphatic carbocycles. The van der Waals surface area contributed by atoms with Gasteiger partial charge in [-0.3, -0.25) is 4.79 Å². The maximum absolute atomic E-state index is 13.2. The van der Waals surface area contributed by atoms with E-state index in [1.54, 1.807) is 23.3 Å². The Kier molecular flexibility index (Phi) is 5.35. The highest BCUT2D eigenvalue weighted by Crippen LogP contribution is 2.26. The summed E-state index contributed by atoms with van der Waals surface area (Å²) in [6, 6.07) is 27.0. The average molecular weight is 388 g/mol. The number of para-hydroxylation sites is 2. The molecular formula is C23H20N2O2S. The van der Waals surface area contributed by atoms with E-state index in [0.717, 1.165) is 20.8 Å². The fraction of sp³-hybridized carbons (Fsp3) is 0.130. The molecule has 0 aliphatic rings. The molecule has 0 N–H and O–H groups in total. The molecule has 0 radical (unpaired) electrons. The van der Waals surface area contributed by atoms with Crippen LogP contribution in [0.25, 0.3) is 10.2 Å². The molecule has 1 atom stereocenters. The van der Waals surface area contributed by atoms with E-state index in [0.29, 0.717) is 12.3 Å². The number of carbonyl (C=O) groups is 1. The molecule has 1 heterocycles. The second-order valence-electron chi connectivity index (χ2n) is 6.49. The van der Waals surface area contributed by atoms with Crippen molar-refractivity contribution in [1.82, 2.24) is 9.88 Å². The predicted molar refractivity (Wildman–Crippen MR) is 112 cm³/mol. The maximum Gasteiger partial charge on any atom is 0.268 e. The Morgan fingerprint density at radius 3 is 2.32 bits per heavy atom. The zero-order valence-electron chi connectivity index (χ0n) is 15.5. The average Bonchev–Trinajstić information content (AvgIpc) is 3.15. The van der Waals surface area contributed by atoms with Crippen LogP contribution in [-0.2, 0) is 11.3 Å². The quantitative estimate of drug-likeness (QED) is 0.463. The molecule has 0 saturated heterocycles. The van der Waals surface area contributed by atoms with E-state index in [9.17, 15) is 4.79 Å². The number of hydrogen-bond acceptors (Lipinski definition) is 4. The van der Waals surface area contributed by atoms with Crippen molar-refractivity contribution in [2.24, 2.45) is 0 Å². The first-order valence-electron chi connectivity index (χ1n) is 9.07. The normalized spacial score (nSPS) is 11.9. The standard InChI is InChI=1S/C23H20N2O2S/c1-25(16-21-24-19-14-8-9-15-20(19)28-21)23(26)22(17-10-4-2-5-11-17)27-18-12-6-3-7-13-18/h2-15,22H,16H2,1H3. The van der Waals surface area contributed by atoms with E-state index in [1.165, 1.54) is 0 Å². The number of aromatic nitrogens is 1. The summed E-state index contributed by atoms with van der Waals surface area (Å²) in [4.78, 5) is 19.6. The molecule has 1 amide bonds. The van der Waals surface area contributed by atoms with Crippen molar-refractivity contribution in [1.29, 1.82) is 0 Å². The summed E-state index contributed by atoms with van der Waals surface area (Å²) in [6.07, 6.45) is -0.706. The monoisotopic (exact) mass is 388 g/mol. The van der Waals surface area contributed by atoms with E-state index in [1.807, 2.05) is 84.9 Å². The van der Waals surface area contributed by atoms with Gasteiger partial charge in [0.15, 0.2) is 0 Å². The Bertz CT molecular complexity index is 1030. The zero-order chi connectivity index (χ0) is 19.3. The smallest absolute Gasteiger partial charge is 0.268 e. The lowest BCUT2D eigenvalue weighted by atomic mass is 10.1. The molecule has 0 saturated carbocycles. The van der Waals surface area contributed by atoms with Gasteiger partial charge in [0, 0.05) is 12.6 Å². The summed E-state index contributed by atoms with van der Waals surface area (Å²) in [6.45, 7) is 0.444. The van der Waals surface area contributed by atoms with Gasteiger partial charge in [0.1, 0.15) is 10.8 Å². The Balaban J connectivity index is 1.57. The summed E-state index contributed by atoms with van der Waals surface area (Å²) in [7, 11) is 1.79. The Labute approximate surface area is 168 Å². The molecule has 0 bridgehead atoms. The molecule has 4 aromatic rings. The second-order valence-corrected chi connectivity index (χ2v) is 7.61. The number of hydrogen-bond donors (Lipinski definition) is 0. The van der Waals surface area contributed by atoms with Gasteiger partial charge in [0.2, 0.25) is 6.10 Å². The van der Waals surface area contributed by atoms with Gasteiger partial charge in [-0.2, -0.15) is 0 Å². The topological polar surface area (TPSA) is 42.4 Å². The number of rotatable bonds is 6. The third-order valence-corrected chi connectivity index (χ3v) is 5.43.